The summed E-state index contributed by atoms with van der Waals surface area (Å²) in [6.45, 7) is 1.06. The Balaban J connectivity index is 2.08. The van der Waals surface area contributed by atoms with Crippen LogP contribution in [0.15, 0.2) is 48.5 Å². The molecule has 3 unspecified atom stereocenters. The quantitative estimate of drug-likeness (QED) is 0.456. The first-order chi connectivity index (χ1) is 14.6. The number of carbonyl (C=O) groups excluding carboxylic acids is 1. The van der Waals surface area contributed by atoms with E-state index in [9.17, 15) is 44.3 Å². The van der Waals surface area contributed by atoms with E-state index < -0.39 is 59.5 Å². The summed E-state index contributed by atoms with van der Waals surface area (Å²) in [5.74, 6) is 0. The summed E-state index contributed by atoms with van der Waals surface area (Å²) in [4.78, 5) is 12.6. The van der Waals surface area contributed by atoms with Gasteiger partial charge in [-0.2, -0.15) is 39.5 Å². The average molecular weight is 471 g/mol. The fraction of sp³-hybridized carbons (Fsp3) is 0.350. The molecule has 32 heavy (non-hydrogen) atoms. The van der Waals surface area contributed by atoms with E-state index in [0.29, 0.717) is 12.1 Å². The monoisotopic (exact) mass is 471 g/mol. The van der Waals surface area contributed by atoms with Gasteiger partial charge in [-0.1, -0.05) is 30.3 Å². The van der Waals surface area contributed by atoms with Crippen LogP contribution in [0.2, 0.25) is 0 Å². The highest BCUT2D eigenvalue weighted by Crippen LogP contribution is 2.46. The maximum atomic E-state index is 13.8. The molecule has 0 spiro atoms. The Morgan fingerprint density at radius 3 is 1.78 bits per heavy atom. The summed E-state index contributed by atoms with van der Waals surface area (Å²) in [7, 11) is 0. The second-order valence-electron chi connectivity index (χ2n) is 7.15. The maximum Gasteiger partial charge on any atom is 0.416 e. The van der Waals surface area contributed by atoms with Crippen molar-refractivity contribution in [1.82, 2.24) is 4.90 Å². The number of amides is 1. The molecule has 1 saturated heterocycles. The van der Waals surface area contributed by atoms with Crippen LogP contribution in [0.4, 0.5) is 44.3 Å². The lowest BCUT2D eigenvalue weighted by Crippen LogP contribution is -2.43. The third-order valence-electron chi connectivity index (χ3n) is 4.96. The van der Waals surface area contributed by atoms with Gasteiger partial charge in [-0.3, -0.25) is 4.90 Å². The second-order valence-corrected chi connectivity index (χ2v) is 7.15. The molecule has 1 aliphatic rings. The molecule has 1 amide bonds. The van der Waals surface area contributed by atoms with Gasteiger partial charge in [0.05, 0.1) is 17.2 Å². The second kappa shape index (κ2) is 7.89. The predicted molar refractivity (Wildman–Crippen MR) is 92.2 cm³/mol. The molecule has 1 aliphatic heterocycles. The van der Waals surface area contributed by atoms with Crippen LogP contribution >= 0.6 is 0 Å². The number of ether oxygens (including phenoxy) is 1. The molecule has 2 aromatic carbocycles. The largest absolute Gasteiger partial charge is 0.439 e. The van der Waals surface area contributed by atoms with Gasteiger partial charge in [-0.15, -0.1) is 0 Å². The highest BCUT2D eigenvalue weighted by molar-refractivity contribution is 5.72. The first kappa shape index (κ1) is 23.7. The lowest BCUT2D eigenvalue weighted by Gasteiger charge is -2.32. The first-order valence-corrected chi connectivity index (χ1v) is 9.00. The Morgan fingerprint density at radius 2 is 1.34 bits per heavy atom. The summed E-state index contributed by atoms with van der Waals surface area (Å²) in [5, 5.41) is 0. The molecule has 0 bridgehead atoms. The van der Waals surface area contributed by atoms with Crippen molar-refractivity contribution in [1.29, 1.82) is 0 Å². The Kier molecular flexibility index (Phi) is 5.85. The highest BCUT2D eigenvalue weighted by atomic mass is 19.4. The van der Waals surface area contributed by atoms with Crippen LogP contribution in [-0.2, 0) is 17.1 Å². The van der Waals surface area contributed by atoms with Gasteiger partial charge in [-0.25, -0.2) is 4.79 Å². The van der Waals surface area contributed by atoms with Crippen molar-refractivity contribution in [2.24, 2.45) is 0 Å². The molecule has 1 fully saturated rings. The molecular formula is C20H14F9NO2. The fourth-order valence-corrected chi connectivity index (χ4v) is 3.55. The minimum Gasteiger partial charge on any atom is -0.439 e. The van der Waals surface area contributed by atoms with Gasteiger partial charge in [0.25, 0.3) is 0 Å². The molecule has 3 atom stereocenters. The molecule has 0 N–H and O–H groups in total. The van der Waals surface area contributed by atoms with Crippen molar-refractivity contribution in [2.45, 2.75) is 43.6 Å². The molecule has 0 aromatic heterocycles. The summed E-state index contributed by atoms with van der Waals surface area (Å²) >= 11 is 0. The van der Waals surface area contributed by atoms with Gasteiger partial charge in [-0.05, 0) is 36.2 Å². The number of hydrogen-bond acceptors (Lipinski definition) is 2. The zero-order valence-electron chi connectivity index (χ0n) is 16.0. The number of carbonyl (C=O) groups is 1. The van der Waals surface area contributed by atoms with E-state index in [-0.39, 0.29) is 16.5 Å². The number of cyclic esters (lactones) is 1. The summed E-state index contributed by atoms with van der Waals surface area (Å²) < 4.78 is 125. The number of benzene rings is 2. The Morgan fingerprint density at radius 1 is 0.844 bits per heavy atom. The van der Waals surface area contributed by atoms with Gasteiger partial charge in [0, 0.05) is 0 Å². The molecule has 0 radical (unpaired) electrons. The van der Waals surface area contributed by atoms with Gasteiger partial charge in [0.2, 0.25) is 0 Å². The molecule has 174 valence electrons. The van der Waals surface area contributed by atoms with Gasteiger partial charge in [0.15, 0.2) is 6.04 Å². The normalized spacial score (nSPS) is 20.9. The van der Waals surface area contributed by atoms with Crippen molar-refractivity contribution in [3.8, 4) is 0 Å². The standard InChI is InChI=1S/C20H14F9NO2/c1-10-15(12-7-13(18(21,22)23)9-14(8-12)19(24,25)26)32-17(31)30(10)16(20(27,28)29)11-5-3-2-4-6-11/h2-10,15-16H,1H3. The summed E-state index contributed by atoms with van der Waals surface area (Å²) in [6, 6.07) is 2.71. The Labute approximate surface area is 175 Å². The van der Waals surface area contributed by atoms with E-state index in [2.05, 4.69) is 0 Å². The van der Waals surface area contributed by atoms with Crippen LogP contribution in [0.5, 0.6) is 0 Å². The van der Waals surface area contributed by atoms with Crippen LogP contribution in [0.25, 0.3) is 0 Å². The topological polar surface area (TPSA) is 29.5 Å². The van der Waals surface area contributed by atoms with Crippen molar-refractivity contribution >= 4 is 6.09 Å². The van der Waals surface area contributed by atoms with E-state index in [1.807, 2.05) is 0 Å². The fourth-order valence-electron chi connectivity index (χ4n) is 3.55. The molecule has 3 rings (SSSR count). The lowest BCUT2D eigenvalue weighted by atomic mass is 9.96. The van der Waals surface area contributed by atoms with E-state index >= 15 is 0 Å². The third-order valence-corrected chi connectivity index (χ3v) is 4.96. The number of nitrogens with zero attached hydrogens (tertiary/aromatic N) is 1. The average Bonchev–Trinajstić information content (AvgIpc) is 2.95. The maximum absolute atomic E-state index is 13.8. The van der Waals surface area contributed by atoms with Crippen molar-refractivity contribution < 1.29 is 49.0 Å². The molecule has 12 heteroatoms. The number of rotatable bonds is 3. The van der Waals surface area contributed by atoms with Crippen LogP contribution < -0.4 is 0 Å². The zero-order valence-corrected chi connectivity index (χ0v) is 16.0. The molecule has 0 aliphatic carbocycles. The molecule has 1 heterocycles. The minimum absolute atomic E-state index is 0.120. The molecule has 0 saturated carbocycles. The number of alkyl halides is 9. The Bertz CT molecular complexity index is 951. The third kappa shape index (κ3) is 4.63. The SMILES string of the molecule is CC1C(c2cc(C(F)(F)F)cc(C(F)(F)F)c2)OC(=O)N1C(c1ccccc1)C(F)(F)F. The van der Waals surface area contributed by atoms with Gasteiger partial charge in [0.1, 0.15) is 6.10 Å². The predicted octanol–water partition coefficient (Wildman–Crippen LogP) is 6.91. The van der Waals surface area contributed by atoms with Crippen LogP contribution in [0, 0.1) is 0 Å². The van der Waals surface area contributed by atoms with Crippen molar-refractivity contribution in [2.75, 3.05) is 0 Å². The van der Waals surface area contributed by atoms with Crippen LogP contribution in [-0.4, -0.2) is 23.2 Å². The van der Waals surface area contributed by atoms with Gasteiger partial charge >= 0.3 is 24.6 Å². The summed E-state index contributed by atoms with van der Waals surface area (Å²) in [5.41, 5.74) is -4.40. The molecular weight excluding hydrogens is 457 g/mol. The van der Waals surface area contributed by atoms with E-state index in [1.54, 1.807) is 0 Å². The van der Waals surface area contributed by atoms with E-state index in [0.717, 1.165) is 19.1 Å². The van der Waals surface area contributed by atoms with Crippen LogP contribution in [0.3, 0.4) is 0 Å². The van der Waals surface area contributed by atoms with Crippen molar-refractivity contribution in [3.05, 3.63) is 70.8 Å². The summed E-state index contributed by atoms with van der Waals surface area (Å²) in [6.07, 6.45) is -18.6. The van der Waals surface area contributed by atoms with E-state index in [4.69, 9.17) is 4.74 Å². The molecule has 2 aromatic rings. The van der Waals surface area contributed by atoms with Crippen molar-refractivity contribution in [3.63, 3.8) is 0 Å². The van der Waals surface area contributed by atoms with Crippen LogP contribution in [0.1, 0.15) is 41.3 Å². The van der Waals surface area contributed by atoms with E-state index in [1.165, 1.54) is 18.2 Å². The highest BCUT2D eigenvalue weighted by Gasteiger charge is 2.54. The van der Waals surface area contributed by atoms with Gasteiger partial charge < -0.3 is 4.74 Å². The number of halogens is 9. The zero-order chi connectivity index (χ0) is 24.1. The molecule has 3 nitrogen and oxygen atoms in total. The Hall–Kier alpha value is -2.92. The smallest absolute Gasteiger partial charge is 0.416 e. The number of hydrogen-bond donors (Lipinski definition) is 0. The first-order valence-electron chi connectivity index (χ1n) is 9.00. The minimum atomic E-state index is -5.17. The lowest BCUT2D eigenvalue weighted by molar-refractivity contribution is -0.181.